The molecule has 0 aliphatic carbocycles. The lowest BCUT2D eigenvalue weighted by atomic mass is 10.3. The zero-order valence-electron chi connectivity index (χ0n) is 12.4. The smallest absolute Gasteiger partial charge is 0.318 e. The van der Waals surface area contributed by atoms with E-state index < -0.39 is 21.6 Å². The van der Waals surface area contributed by atoms with E-state index in [4.69, 9.17) is 9.84 Å². The standard InChI is InChI=1S/C14H20BrNO5S/c1-2-16(8-10-22(19,20)11-14(17)18)7-9-21-13-5-3-12(15)4-6-13/h3-6H,2,7-11H2,1H3,(H,17,18). The second kappa shape index (κ2) is 9.12. The molecule has 0 aliphatic rings. The van der Waals surface area contributed by atoms with Crippen LogP contribution in [0.4, 0.5) is 0 Å². The van der Waals surface area contributed by atoms with Crippen molar-refractivity contribution in [2.75, 3.05) is 37.7 Å². The van der Waals surface area contributed by atoms with Gasteiger partial charge in [0.1, 0.15) is 18.1 Å². The summed E-state index contributed by atoms with van der Waals surface area (Å²) in [6.07, 6.45) is 0. The van der Waals surface area contributed by atoms with Crippen LogP contribution in [0.1, 0.15) is 6.92 Å². The second-order valence-corrected chi connectivity index (χ2v) is 7.82. The van der Waals surface area contributed by atoms with E-state index in [-0.39, 0.29) is 5.75 Å². The van der Waals surface area contributed by atoms with Crippen LogP contribution in [0.15, 0.2) is 28.7 Å². The first-order valence-corrected chi connectivity index (χ1v) is 9.47. The Morgan fingerprint density at radius 2 is 1.91 bits per heavy atom. The van der Waals surface area contributed by atoms with Gasteiger partial charge in [0.25, 0.3) is 0 Å². The Labute approximate surface area is 139 Å². The number of hydrogen-bond donors (Lipinski definition) is 1. The molecule has 22 heavy (non-hydrogen) atoms. The van der Waals surface area contributed by atoms with Gasteiger partial charge in [0.05, 0.1) is 5.75 Å². The Hall–Kier alpha value is -1.12. The number of carboxylic acid groups (broad SMARTS) is 1. The summed E-state index contributed by atoms with van der Waals surface area (Å²) < 4.78 is 29.6. The topological polar surface area (TPSA) is 83.9 Å². The Morgan fingerprint density at radius 3 is 2.45 bits per heavy atom. The van der Waals surface area contributed by atoms with E-state index in [1.165, 1.54) is 0 Å². The van der Waals surface area contributed by atoms with Crippen molar-refractivity contribution in [2.45, 2.75) is 6.92 Å². The molecule has 0 unspecified atom stereocenters. The lowest BCUT2D eigenvalue weighted by molar-refractivity contribution is -0.134. The van der Waals surface area contributed by atoms with Crippen molar-refractivity contribution in [3.63, 3.8) is 0 Å². The molecule has 1 N–H and O–H groups in total. The van der Waals surface area contributed by atoms with Crippen molar-refractivity contribution in [3.05, 3.63) is 28.7 Å². The summed E-state index contributed by atoms with van der Waals surface area (Å²) in [6, 6.07) is 7.45. The van der Waals surface area contributed by atoms with Crippen molar-refractivity contribution in [2.24, 2.45) is 0 Å². The van der Waals surface area contributed by atoms with Crippen LogP contribution in [0.5, 0.6) is 5.75 Å². The SMILES string of the molecule is CCN(CCOc1ccc(Br)cc1)CCS(=O)(=O)CC(=O)O. The Balaban J connectivity index is 2.36. The highest BCUT2D eigenvalue weighted by atomic mass is 79.9. The van der Waals surface area contributed by atoms with Gasteiger partial charge in [-0.25, -0.2) is 8.42 Å². The summed E-state index contributed by atoms with van der Waals surface area (Å²) in [5.74, 6) is -1.55. The number of rotatable bonds is 10. The van der Waals surface area contributed by atoms with Gasteiger partial charge < -0.3 is 9.84 Å². The molecule has 8 heteroatoms. The Bertz CT molecular complexity index is 573. The van der Waals surface area contributed by atoms with Crippen LogP contribution in [0.2, 0.25) is 0 Å². The maximum Gasteiger partial charge on any atom is 0.318 e. The molecule has 6 nitrogen and oxygen atoms in total. The number of aliphatic carboxylic acids is 1. The minimum Gasteiger partial charge on any atom is -0.492 e. The van der Waals surface area contributed by atoms with Gasteiger partial charge in [-0.3, -0.25) is 9.69 Å². The number of nitrogens with zero attached hydrogens (tertiary/aromatic N) is 1. The maximum absolute atomic E-state index is 11.5. The summed E-state index contributed by atoms with van der Waals surface area (Å²) in [4.78, 5) is 12.4. The van der Waals surface area contributed by atoms with Gasteiger partial charge in [0.15, 0.2) is 9.84 Å². The molecule has 0 aliphatic heterocycles. The zero-order valence-corrected chi connectivity index (χ0v) is 14.8. The minimum absolute atomic E-state index is 0.161. The van der Waals surface area contributed by atoms with Crippen LogP contribution in [0.3, 0.4) is 0 Å². The molecule has 1 aromatic rings. The monoisotopic (exact) mass is 393 g/mol. The molecule has 0 amide bonds. The quantitative estimate of drug-likeness (QED) is 0.650. The third-order valence-corrected chi connectivity index (χ3v) is 5.02. The maximum atomic E-state index is 11.5. The van der Waals surface area contributed by atoms with Crippen LogP contribution in [-0.4, -0.2) is 62.1 Å². The van der Waals surface area contributed by atoms with Crippen molar-refractivity contribution in [1.29, 1.82) is 0 Å². The van der Waals surface area contributed by atoms with E-state index in [1.807, 2.05) is 36.1 Å². The van der Waals surface area contributed by atoms with Crippen LogP contribution in [-0.2, 0) is 14.6 Å². The molecule has 0 saturated heterocycles. The molecule has 0 atom stereocenters. The lowest BCUT2D eigenvalue weighted by Gasteiger charge is -2.20. The number of sulfone groups is 1. The van der Waals surface area contributed by atoms with Crippen LogP contribution in [0.25, 0.3) is 0 Å². The average molecular weight is 394 g/mol. The molecule has 0 saturated carbocycles. The highest BCUT2D eigenvalue weighted by Crippen LogP contribution is 2.15. The van der Waals surface area contributed by atoms with Gasteiger partial charge in [0, 0.05) is 17.6 Å². The summed E-state index contributed by atoms with van der Waals surface area (Å²) >= 11 is 3.34. The second-order valence-electron chi connectivity index (χ2n) is 4.72. The van der Waals surface area contributed by atoms with Crippen molar-refractivity contribution < 1.29 is 23.1 Å². The van der Waals surface area contributed by atoms with E-state index >= 15 is 0 Å². The van der Waals surface area contributed by atoms with Crippen molar-refractivity contribution >= 4 is 31.7 Å². The summed E-state index contributed by atoms with van der Waals surface area (Å²) in [6.45, 7) is 3.91. The molecule has 0 aromatic heterocycles. The Morgan fingerprint density at radius 1 is 1.27 bits per heavy atom. The van der Waals surface area contributed by atoms with Gasteiger partial charge in [-0.05, 0) is 30.8 Å². The fourth-order valence-corrected chi connectivity index (χ4v) is 3.10. The first kappa shape index (κ1) is 18.9. The first-order valence-electron chi connectivity index (χ1n) is 6.85. The molecule has 0 heterocycles. The van der Waals surface area contributed by atoms with Crippen molar-refractivity contribution in [3.8, 4) is 5.75 Å². The summed E-state index contributed by atoms with van der Waals surface area (Å²) in [7, 11) is -3.56. The van der Waals surface area contributed by atoms with E-state index in [0.717, 1.165) is 10.2 Å². The largest absolute Gasteiger partial charge is 0.492 e. The van der Waals surface area contributed by atoms with E-state index in [1.54, 1.807) is 0 Å². The number of carbonyl (C=O) groups is 1. The third kappa shape index (κ3) is 7.77. The zero-order chi connectivity index (χ0) is 16.6. The highest BCUT2D eigenvalue weighted by molar-refractivity contribution is 9.10. The van der Waals surface area contributed by atoms with Gasteiger partial charge in [-0.1, -0.05) is 22.9 Å². The molecule has 1 rings (SSSR count). The van der Waals surface area contributed by atoms with E-state index in [2.05, 4.69) is 15.9 Å². The normalized spacial score (nSPS) is 11.6. The number of halogens is 1. The predicted molar refractivity (Wildman–Crippen MR) is 88.0 cm³/mol. The number of likely N-dealkylation sites (N-methyl/N-ethyl adjacent to an activating group) is 1. The fraction of sp³-hybridized carbons (Fsp3) is 0.500. The molecular weight excluding hydrogens is 374 g/mol. The first-order chi connectivity index (χ1) is 10.3. The minimum atomic E-state index is -3.56. The number of ether oxygens (including phenoxy) is 1. The molecule has 0 radical (unpaired) electrons. The van der Waals surface area contributed by atoms with Crippen LogP contribution < -0.4 is 4.74 Å². The van der Waals surface area contributed by atoms with E-state index in [0.29, 0.717) is 26.2 Å². The number of hydrogen-bond acceptors (Lipinski definition) is 5. The molecule has 1 aromatic carbocycles. The fourth-order valence-electron chi connectivity index (χ4n) is 1.78. The van der Waals surface area contributed by atoms with Gasteiger partial charge in [0.2, 0.25) is 0 Å². The summed E-state index contributed by atoms with van der Waals surface area (Å²) in [5, 5.41) is 8.54. The Kier molecular flexibility index (Phi) is 7.84. The highest BCUT2D eigenvalue weighted by Gasteiger charge is 2.17. The molecule has 0 spiro atoms. The lowest BCUT2D eigenvalue weighted by Crippen LogP contribution is -2.34. The molecule has 0 fully saturated rings. The predicted octanol–water partition coefficient (Wildman–Crippen LogP) is 1.65. The number of benzene rings is 1. The molecule has 0 bridgehead atoms. The van der Waals surface area contributed by atoms with Gasteiger partial charge >= 0.3 is 5.97 Å². The van der Waals surface area contributed by atoms with Crippen molar-refractivity contribution in [1.82, 2.24) is 4.90 Å². The van der Waals surface area contributed by atoms with Crippen LogP contribution in [0, 0.1) is 0 Å². The summed E-state index contributed by atoms with van der Waals surface area (Å²) in [5.41, 5.74) is 0. The average Bonchev–Trinajstić information content (AvgIpc) is 2.43. The van der Waals surface area contributed by atoms with E-state index in [9.17, 15) is 13.2 Å². The molecular formula is C14H20BrNO5S. The number of carboxylic acids is 1. The van der Waals surface area contributed by atoms with Gasteiger partial charge in [-0.15, -0.1) is 0 Å². The third-order valence-electron chi connectivity index (χ3n) is 3.00. The van der Waals surface area contributed by atoms with Gasteiger partial charge in [-0.2, -0.15) is 0 Å². The molecule has 124 valence electrons. The van der Waals surface area contributed by atoms with Crippen LogP contribution >= 0.6 is 15.9 Å².